The molecule has 0 aliphatic heterocycles. The normalized spacial score (nSPS) is 14.1. The van der Waals surface area contributed by atoms with Gasteiger partial charge in [-0.15, -0.1) is 0 Å². The maximum atomic E-state index is 13.1. The molecule has 0 aromatic rings. The molecule has 496 valence electrons. The Morgan fingerprint density at radius 1 is 0.424 bits per heavy atom. The van der Waals surface area contributed by atoms with E-state index < -0.39 is 20.0 Å². The van der Waals surface area contributed by atoms with Crippen molar-refractivity contribution in [2.75, 3.05) is 40.9 Å². The lowest BCUT2D eigenvalue weighted by Crippen LogP contribution is -2.45. The van der Waals surface area contributed by atoms with Crippen LogP contribution in [0.5, 0.6) is 0 Å². The van der Waals surface area contributed by atoms with Crippen LogP contribution in [-0.4, -0.2) is 68.5 Å². The molecule has 2 N–H and O–H groups in total. The maximum absolute atomic E-state index is 13.1. The quantitative estimate of drug-likeness (QED) is 0.0272. The molecule has 0 spiro atoms. The predicted molar refractivity (Wildman–Crippen MR) is 371 cm³/mol. The fourth-order valence-corrected chi connectivity index (χ4v) is 11.5. The number of phosphoric acid groups is 1. The fourth-order valence-electron chi connectivity index (χ4n) is 10.7. The summed E-state index contributed by atoms with van der Waals surface area (Å²) in [6.07, 6.45) is 94.2. The van der Waals surface area contributed by atoms with E-state index in [2.05, 4.69) is 92.1 Å². The highest BCUT2D eigenvalue weighted by Gasteiger charge is 2.23. The summed E-state index contributed by atoms with van der Waals surface area (Å²) in [7, 11) is 1.27. The molecule has 0 fully saturated rings. The lowest BCUT2D eigenvalue weighted by atomic mass is 10.0. The summed E-state index contributed by atoms with van der Waals surface area (Å²) in [4.78, 5) is 25.7. The molecule has 0 aromatic heterocycles. The Hall–Kier alpha value is -2.32. The molecule has 0 saturated carbocycles. The lowest BCUT2D eigenvalue weighted by molar-refractivity contribution is -0.870. The van der Waals surface area contributed by atoms with Crippen LogP contribution in [0.25, 0.3) is 0 Å². The van der Waals surface area contributed by atoms with Gasteiger partial charge in [-0.1, -0.05) is 349 Å². The number of unbranched alkanes of at least 4 members (excludes halogenated alkanes) is 42. The first-order valence-electron chi connectivity index (χ1n) is 36.4. The number of aliphatic hydroxyl groups excluding tert-OH is 1. The number of carbonyl (C=O) groups is 1. The zero-order valence-corrected chi connectivity index (χ0v) is 57.7. The van der Waals surface area contributed by atoms with Crippen LogP contribution >= 0.6 is 7.82 Å². The fraction of sp³-hybridized carbons (Fsp3) is 0.803. The molecule has 0 aromatic carbocycles. The smallest absolute Gasteiger partial charge is 0.268 e. The number of aliphatic hydroxyl groups is 1. The van der Waals surface area contributed by atoms with Gasteiger partial charge in [0.15, 0.2) is 0 Å². The Morgan fingerprint density at radius 3 is 1.05 bits per heavy atom. The average Bonchev–Trinajstić information content (AvgIpc) is 3.48. The summed E-state index contributed by atoms with van der Waals surface area (Å²) in [6, 6.07) is -0.892. The third-order valence-corrected chi connectivity index (χ3v) is 17.3. The van der Waals surface area contributed by atoms with Crippen LogP contribution in [0.3, 0.4) is 0 Å². The van der Waals surface area contributed by atoms with Gasteiger partial charge in [0.1, 0.15) is 13.2 Å². The zero-order valence-electron chi connectivity index (χ0n) is 56.8. The summed E-state index contributed by atoms with van der Waals surface area (Å²) in [5, 5.41) is 14.0. The van der Waals surface area contributed by atoms with Crippen molar-refractivity contribution in [3.8, 4) is 0 Å². The summed E-state index contributed by atoms with van der Waals surface area (Å²) in [5.74, 6) is -0.194. The van der Waals surface area contributed by atoms with Gasteiger partial charge in [0, 0.05) is 6.42 Å². The lowest BCUT2D eigenvalue weighted by Gasteiger charge is -2.29. The van der Waals surface area contributed by atoms with E-state index in [4.69, 9.17) is 9.05 Å². The summed E-state index contributed by atoms with van der Waals surface area (Å²) in [5.41, 5.74) is 0. The highest BCUT2D eigenvalue weighted by atomic mass is 31.2. The summed E-state index contributed by atoms with van der Waals surface area (Å²) in [6.45, 7) is 4.58. The molecule has 0 rings (SSSR count). The van der Waals surface area contributed by atoms with Crippen molar-refractivity contribution in [3.63, 3.8) is 0 Å². The third-order valence-electron chi connectivity index (χ3n) is 16.4. The average molecular weight is 1210 g/mol. The minimum absolute atomic E-state index is 0.00212. The number of likely N-dealkylation sites (N-methyl/N-ethyl adjacent to an activating group) is 1. The number of nitrogens with one attached hydrogen (secondary N) is 1. The van der Waals surface area contributed by atoms with Gasteiger partial charge in [0.25, 0.3) is 7.82 Å². The van der Waals surface area contributed by atoms with Crippen LogP contribution in [0.2, 0.25) is 0 Å². The number of quaternary nitrogens is 1. The van der Waals surface area contributed by atoms with Gasteiger partial charge in [0.2, 0.25) is 5.91 Å². The molecule has 85 heavy (non-hydrogen) atoms. The van der Waals surface area contributed by atoms with Crippen LogP contribution in [0, 0.1) is 0 Å². The largest absolute Gasteiger partial charge is 0.756 e. The van der Waals surface area contributed by atoms with Crippen molar-refractivity contribution < 1.29 is 32.9 Å². The number of phosphoric ester groups is 1. The van der Waals surface area contributed by atoms with Crippen molar-refractivity contribution in [3.05, 3.63) is 85.1 Å². The Morgan fingerprint density at radius 2 is 0.718 bits per heavy atom. The number of hydrogen-bond donors (Lipinski definition) is 2. The van der Waals surface area contributed by atoms with Crippen LogP contribution in [-0.2, 0) is 18.4 Å². The van der Waals surface area contributed by atoms with E-state index in [0.717, 1.165) is 77.0 Å². The molecule has 0 radical (unpaired) electrons. The van der Waals surface area contributed by atoms with E-state index in [1.54, 1.807) is 6.08 Å². The Balaban J connectivity index is 4.04. The second-order valence-electron chi connectivity index (χ2n) is 25.9. The number of carbonyl (C=O) groups excluding carboxylic acids is 1. The first-order valence-corrected chi connectivity index (χ1v) is 37.9. The number of amides is 1. The monoisotopic (exact) mass is 1210 g/mol. The van der Waals surface area contributed by atoms with E-state index in [1.165, 1.54) is 244 Å². The van der Waals surface area contributed by atoms with Crippen LogP contribution in [0.15, 0.2) is 85.1 Å². The van der Waals surface area contributed by atoms with E-state index in [9.17, 15) is 19.4 Å². The minimum atomic E-state index is -4.61. The van der Waals surface area contributed by atoms with E-state index in [-0.39, 0.29) is 19.1 Å². The Labute approximate surface area is 528 Å². The minimum Gasteiger partial charge on any atom is -0.756 e. The molecule has 9 heteroatoms. The topological polar surface area (TPSA) is 108 Å². The van der Waals surface area contributed by atoms with E-state index in [1.807, 2.05) is 27.2 Å². The molecule has 3 unspecified atom stereocenters. The van der Waals surface area contributed by atoms with Crippen molar-refractivity contribution in [1.29, 1.82) is 0 Å². The SMILES string of the molecule is CC/C=C\C/C=C\C/C=C\C/C=C\C/C=C\C/C=C\CCCCCCCCCCCCCCCCCCC(=O)NC(COP(=O)([O-])OCC[N+](C)(C)C)C(O)/C=C/CCCCCCCCCCCCCCCCCCCCCCCCCCCC. The van der Waals surface area contributed by atoms with Gasteiger partial charge in [-0.25, -0.2) is 0 Å². The second kappa shape index (κ2) is 66.1. The van der Waals surface area contributed by atoms with Gasteiger partial charge in [-0.2, -0.15) is 0 Å². The molecule has 0 heterocycles. The summed E-state index contributed by atoms with van der Waals surface area (Å²) >= 11 is 0. The second-order valence-corrected chi connectivity index (χ2v) is 27.3. The summed E-state index contributed by atoms with van der Waals surface area (Å²) < 4.78 is 23.5. The molecule has 0 aliphatic carbocycles. The molecule has 1 amide bonds. The van der Waals surface area contributed by atoms with Crippen LogP contribution in [0.4, 0.5) is 0 Å². The number of rotatable bonds is 67. The zero-order chi connectivity index (χ0) is 61.9. The van der Waals surface area contributed by atoms with E-state index >= 15 is 0 Å². The molecular formula is C76H141N2O6P. The molecular weight excluding hydrogens is 1070 g/mol. The number of hydrogen-bond acceptors (Lipinski definition) is 6. The number of nitrogens with zero attached hydrogens (tertiary/aromatic N) is 1. The van der Waals surface area contributed by atoms with Gasteiger partial charge in [-0.3, -0.25) is 9.36 Å². The van der Waals surface area contributed by atoms with Gasteiger partial charge >= 0.3 is 0 Å². The van der Waals surface area contributed by atoms with Crippen molar-refractivity contribution in [2.45, 2.75) is 353 Å². The van der Waals surface area contributed by atoms with Crippen molar-refractivity contribution >= 4 is 13.7 Å². The maximum Gasteiger partial charge on any atom is 0.268 e. The van der Waals surface area contributed by atoms with Crippen molar-refractivity contribution in [2.24, 2.45) is 0 Å². The van der Waals surface area contributed by atoms with Crippen LogP contribution in [0.1, 0.15) is 341 Å². The highest BCUT2D eigenvalue weighted by Crippen LogP contribution is 2.38. The Kier molecular flexibility index (Phi) is 64.3. The standard InChI is InChI=1S/C76H141N2O6P/c1-6-8-10-12-14-16-18-20-22-24-26-28-30-32-34-36-37-38-39-40-41-42-44-46-48-50-52-54-56-58-60-62-64-66-68-70-76(80)77-74(73-84-85(81,82)83-72-71-78(3,4)5)75(79)69-67-65-63-61-59-57-55-53-51-49-47-45-43-35-33-31-29-27-25-23-21-19-17-15-13-11-9-7-2/h8,10,14,16,20,22,26,28,32,34,37-38,67,69,74-75,79H,6-7,9,11-13,15,17-19,21,23-25,27,29-31,33,35-36,39-66,68,70-73H2,1-5H3,(H-,77,80,81,82)/b10-8-,16-14-,22-20-,28-26-,34-32-,38-37-,69-67+. The van der Waals surface area contributed by atoms with E-state index in [0.29, 0.717) is 17.4 Å². The molecule has 3 atom stereocenters. The Bertz CT molecular complexity index is 1660. The first-order chi connectivity index (χ1) is 41.5. The van der Waals surface area contributed by atoms with Crippen molar-refractivity contribution in [1.82, 2.24) is 5.32 Å². The van der Waals surface area contributed by atoms with Gasteiger partial charge < -0.3 is 28.8 Å². The molecule has 8 nitrogen and oxygen atoms in total. The molecule has 0 bridgehead atoms. The molecule has 0 saturated heterocycles. The highest BCUT2D eigenvalue weighted by molar-refractivity contribution is 7.45. The van der Waals surface area contributed by atoms with Gasteiger partial charge in [-0.05, 0) is 70.6 Å². The first kappa shape index (κ1) is 82.7. The van der Waals surface area contributed by atoms with Gasteiger partial charge in [0.05, 0.1) is 39.9 Å². The molecule has 0 aliphatic rings. The third kappa shape index (κ3) is 69.0. The predicted octanol–water partition coefficient (Wildman–Crippen LogP) is 22.9. The number of allylic oxidation sites excluding steroid dienone is 13. The van der Waals surface area contributed by atoms with Crippen LogP contribution < -0.4 is 10.2 Å².